The van der Waals surface area contributed by atoms with Gasteiger partial charge in [-0.25, -0.2) is 0 Å². The number of unbranched alkanes of at least 4 members (excludes halogenated alkanes) is 67. The van der Waals surface area contributed by atoms with Gasteiger partial charge in [0.2, 0.25) is 5.91 Å². The second-order valence-electron chi connectivity index (χ2n) is 29.9. The number of aliphatic hydroxyl groups excluding tert-OH is 2. The average Bonchev–Trinajstić information content (AvgIpc) is 3.72. The molecule has 3 N–H and O–H groups in total. The number of rotatable bonds is 82. The third kappa shape index (κ3) is 79.1. The quantitative estimate of drug-likeness (QED) is 0.0320. The Morgan fingerprint density at radius 3 is 0.851 bits per heavy atom. The van der Waals surface area contributed by atoms with Crippen molar-refractivity contribution in [1.29, 1.82) is 0 Å². The Hall–Kier alpha value is -1.92. The first kappa shape index (κ1) is 92.1. The highest BCUT2D eigenvalue weighted by Crippen LogP contribution is 2.21. The third-order valence-corrected chi connectivity index (χ3v) is 20.4. The molecule has 94 heavy (non-hydrogen) atoms. The molecule has 0 aromatic rings. The number of ether oxygens (including phenoxy) is 1. The van der Waals surface area contributed by atoms with Gasteiger partial charge in [-0.15, -0.1) is 0 Å². The summed E-state index contributed by atoms with van der Waals surface area (Å²) in [4.78, 5) is 24.6. The number of amides is 1. The van der Waals surface area contributed by atoms with Crippen LogP contribution in [0.15, 0.2) is 36.5 Å². The van der Waals surface area contributed by atoms with Crippen molar-refractivity contribution >= 4 is 11.9 Å². The molecule has 6 heteroatoms. The fraction of sp³-hybridized carbons (Fsp3) is 0.909. The van der Waals surface area contributed by atoms with Gasteiger partial charge in [0.1, 0.15) is 0 Å². The molecule has 0 aliphatic carbocycles. The lowest BCUT2D eigenvalue weighted by Crippen LogP contribution is -2.45. The first-order valence-corrected chi connectivity index (χ1v) is 43.3. The zero-order valence-electron chi connectivity index (χ0n) is 64.0. The van der Waals surface area contributed by atoms with Gasteiger partial charge < -0.3 is 20.3 Å². The van der Waals surface area contributed by atoms with Crippen LogP contribution in [-0.4, -0.2) is 47.4 Å². The minimum Gasteiger partial charge on any atom is -0.466 e. The maximum Gasteiger partial charge on any atom is 0.305 e. The summed E-state index contributed by atoms with van der Waals surface area (Å²) in [6, 6.07) is -0.625. The van der Waals surface area contributed by atoms with E-state index in [1.165, 1.54) is 411 Å². The molecule has 1 amide bonds. The molecule has 0 aliphatic rings. The predicted octanol–water partition coefficient (Wildman–Crippen LogP) is 28.9. The first-order chi connectivity index (χ1) is 46.5. The maximum atomic E-state index is 12.6. The fourth-order valence-electron chi connectivity index (χ4n) is 13.9. The Morgan fingerprint density at radius 2 is 0.553 bits per heavy atom. The van der Waals surface area contributed by atoms with Crippen LogP contribution in [0.2, 0.25) is 0 Å². The summed E-state index contributed by atoms with van der Waals surface area (Å²) in [5.74, 6) is -0.0470. The van der Waals surface area contributed by atoms with E-state index in [2.05, 4.69) is 43.5 Å². The smallest absolute Gasteiger partial charge is 0.305 e. The lowest BCUT2D eigenvalue weighted by Gasteiger charge is -2.20. The second kappa shape index (κ2) is 83.5. The maximum absolute atomic E-state index is 12.6. The number of hydrogen-bond acceptors (Lipinski definition) is 5. The molecule has 0 spiro atoms. The van der Waals surface area contributed by atoms with E-state index in [0.717, 1.165) is 51.4 Å². The van der Waals surface area contributed by atoms with E-state index in [-0.39, 0.29) is 18.5 Å². The summed E-state index contributed by atoms with van der Waals surface area (Å²) in [5.41, 5.74) is 0. The summed E-state index contributed by atoms with van der Waals surface area (Å²) < 4.78 is 5.49. The molecule has 556 valence electrons. The number of aliphatic hydroxyl groups is 2. The highest BCUT2D eigenvalue weighted by Gasteiger charge is 2.18. The number of esters is 1. The number of carbonyl (C=O) groups excluding carboxylic acids is 2. The highest BCUT2D eigenvalue weighted by atomic mass is 16.5. The first-order valence-electron chi connectivity index (χ1n) is 43.3. The number of nitrogens with one attached hydrogen (secondary N) is 1. The molecule has 6 nitrogen and oxygen atoms in total. The molecule has 0 radical (unpaired) electrons. The Bertz CT molecular complexity index is 1520. The van der Waals surface area contributed by atoms with Crippen molar-refractivity contribution in [3.63, 3.8) is 0 Å². The highest BCUT2D eigenvalue weighted by molar-refractivity contribution is 5.76. The molecule has 0 aromatic heterocycles. The fourth-order valence-corrected chi connectivity index (χ4v) is 13.9. The molecule has 2 unspecified atom stereocenters. The van der Waals surface area contributed by atoms with Crippen molar-refractivity contribution in [3.8, 4) is 0 Å². The topological polar surface area (TPSA) is 95.9 Å². The van der Waals surface area contributed by atoms with Crippen molar-refractivity contribution in [2.45, 2.75) is 501 Å². The Labute approximate surface area is 589 Å². The Kier molecular flexibility index (Phi) is 81.8. The van der Waals surface area contributed by atoms with E-state index in [9.17, 15) is 19.8 Å². The average molecular weight is 1320 g/mol. The van der Waals surface area contributed by atoms with Gasteiger partial charge in [-0.3, -0.25) is 9.59 Å². The zero-order valence-corrected chi connectivity index (χ0v) is 64.0. The molecule has 2 atom stereocenters. The molecule has 0 heterocycles. The second-order valence-corrected chi connectivity index (χ2v) is 29.9. The van der Waals surface area contributed by atoms with Crippen LogP contribution in [0.4, 0.5) is 0 Å². The monoisotopic (exact) mass is 1320 g/mol. The number of allylic oxidation sites excluding steroid dienone is 5. The summed E-state index contributed by atoms with van der Waals surface area (Å²) >= 11 is 0. The Morgan fingerprint density at radius 1 is 0.298 bits per heavy atom. The lowest BCUT2D eigenvalue weighted by atomic mass is 10.0. The normalized spacial score (nSPS) is 12.6. The van der Waals surface area contributed by atoms with Crippen LogP contribution in [0, 0.1) is 0 Å². The van der Waals surface area contributed by atoms with Crippen LogP contribution in [0.1, 0.15) is 489 Å². The minimum absolute atomic E-state index is 0.00916. The van der Waals surface area contributed by atoms with Crippen LogP contribution < -0.4 is 5.32 Å². The van der Waals surface area contributed by atoms with Gasteiger partial charge >= 0.3 is 5.97 Å². The van der Waals surface area contributed by atoms with Crippen LogP contribution in [0.3, 0.4) is 0 Å². The summed E-state index contributed by atoms with van der Waals surface area (Å²) in [5, 5.41) is 23.3. The molecule has 0 saturated heterocycles. The summed E-state index contributed by atoms with van der Waals surface area (Å²) in [6.45, 7) is 4.89. The van der Waals surface area contributed by atoms with Crippen LogP contribution >= 0.6 is 0 Å². The number of hydrogen-bond donors (Lipinski definition) is 3. The van der Waals surface area contributed by atoms with E-state index in [4.69, 9.17) is 4.74 Å². The molecule has 0 rings (SSSR count). The van der Waals surface area contributed by atoms with Crippen LogP contribution in [0.5, 0.6) is 0 Å². The lowest BCUT2D eigenvalue weighted by molar-refractivity contribution is -0.143. The van der Waals surface area contributed by atoms with Crippen molar-refractivity contribution < 1.29 is 24.5 Å². The molecule has 0 saturated carbocycles. The minimum atomic E-state index is -0.842. The Balaban J connectivity index is 3.33. The molecule has 0 bridgehead atoms. The summed E-state index contributed by atoms with van der Waals surface area (Å²) in [7, 11) is 0. The number of carbonyl (C=O) groups is 2. The molecule has 0 aliphatic heterocycles. The van der Waals surface area contributed by atoms with Gasteiger partial charge in [0.15, 0.2) is 0 Å². The molecular weight excluding hydrogens is 1150 g/mol. The van der Waals surface area contributed by atoms with E-state index in [1.54, 1.807) is 6.08 Å². The SMILES string of the molecule is CCC/C=C\C/C=C\CCCCCCCC(=O)OCCCCCCCCCCCCCCCCCCCCCCCCCCCCCCCCCCCCCCCCCC(=O)NC(CO)C(O)/C=C/CCCCCCCCCCCCCCCCCCCCCCCCC. The molecule has 0 fully saturated rings. The largest absolute Gasteiger partial charge is 0.466 e. The van der Waals surface area contributed by atoms with Crippen molar-refractivity contribution in [2.75, 3.05) is 13.2 Å². The zero-order chi connectivity index (χ0) is 67.7. The van der Waals surface area contributed by atoms with Gasteiger partial charge in [-0.05, 0) is 57.8 Å². The standard InChI is InChI=1S/C88H169NO5/c1-3-5-7-9-11-13-15-17-18-19-20-21-22-38-41-44-47-50-53-57-60-64-68-72-76-80-86(91)85(84-90)89-87(92)81-77-73-69-65-61-58-54-51-48-45-42-39-36-34-32-30-28-26-24-23-25-27-29-31-33-35-37-40-43-46-49-52-55-59-63-67-71-75-79-83-94-88(93)82-78-74-70-66-62-56-16-14-12-10-8-6-4-2/h8,10,14,16,76,80,85-86,90-91H,3-7,9,11-13,15,17-75,77-79,81-84H2,1-2H3,(H,89,92)/b10-8-,16-14-,80-76+. The van der Waals surface area contributed by atoms with E-state index in [1.807, 2.05) is 6.08 Å². The van der Waals surface area contributed by atoms with E-state index in [0.29, 0.717) is 19.4 Å². The predicted molar refractivity (Wildman–Crippen MR) is 416 cm³/mol. The van der Waals surface area contributed by atoms with Crippen molar-refractivity contribution in [2.24, 2.45) is 0 Å². The van der Waals surface area contributed by atoms with Crippen molar-refractivity contribution in [1.82, 2.24) is 5.32 Å². The van der Waals surface area contributed by atoms with Gasteiger partial charge in [-0.2, -0.15) is 0 Å². The van der Waals surface area contributed by atoms with Gasteiger partial charge in [0.05, 0.1) is 25.4 Å². The van der Waals surface area contributed by atoms with E-state index >= 15 is 0 Å². The van der Waals surface area contributed by atoms with Gasteiger partial charge in [-0.1, -0.05) is 455 Å². The van der Waals surface area contributed by atoms with Crippen molar-refractivity contribution in [3.05, 3.63) is 36.5 Å². The van der Waals surface area contributed by atoms with Gasteiger partial charge in [0, 0.05) is 12.8 Å². The summed E-state index contributed by atoms with van der Waals surface area (Å²) in [6.07, 6.45) is 110. The third-order valence-electron chi connectivity index (χ3n) is 20.4. The van der Waals surface area contributed by atoms with Gasteiger partial charge in [0.25, 0.3) is 0 Å². The van der Waals surface area contributed by atoms with Crippen LogP contribution in [-0.2, 0) is 14.3 Å². The van der Waals surface area contributed by atoms with Crippen LogP contribution in [0.25, 0.3) is 0 Å². The molecule has 0 aromatic carbocycles. The molecular formula is C88H169NO5. The van der Waals surface area contributed by atoms with E-state index < -0.39 is 12.1 Å².